The van der Waals surface area contributed by atoms with Gasteiger partial charge >= 0.3 is 0 Å². The molecule has 0 spiro atoms. The van der Waals surface area contributed by atoms with Crippen LogP contribution in [-0.2, 0) is 13.0 Å². The summed E-state index contributed by atoms with van der Waals surface area (Å²) in [6.07, 6.45) is 7.03. The highest BCUT2D eigenvalue weighted by Gasteiger charge is 2.23. The number of anilines is 1. The monoisotopic (exact) mass is 343 g/mol. The Hall–Kier alpha value is -2.08. The molecule has 3 heterocycles. The molecular weight excluding hydrogens is 317 g/mol. The first kappa shape index (κ1) is 17.7. The summed E-state index contributed by atoms with van der Waals surface area (Å²) in [5.41, 5.74) is 1.58. The standard InChI is InChI=1S/C19H26FN5/c1-3-17-18(20)19(23-14-22-17)25-11-6-8-16(9-12-25)24(2)13-15-7-4-5-10-21-15/h4-5,7,10,14,16H,3,6,8-9,11-13H2,1-2H3. The molecule has 0 saturated carbocycles. The first-order valence-corrected chi connectivity index (χ1v) is 9.03. The highest BCUT2D eigenvalue weighted by molar-refractivity contribution is 5.41. The van der Waals surface area contributed by atoms with Crippen molar-refractivity contribution in [3.05, 3.63) is 47.9 Å². The third-order valence-electron chi connectivity index (χ3n) is 4.94. The number of aromatic nitrogens is 3. The second-order valence-corrected chi connectivity index (χ2v) is 6.62. The minimum atomic E-state index is -0.259. The molecule has 0 amide bonds. The number of halogens is 1. The molecule has 0 aliphatic carbocycles. The van der Waals surface area contributed by atoms with Crippen molar-refractivity contribution in [1.29, 1.82) is 0 Å². The second-order valence-electron chi connectivity index (χ2n) is 6.62. The van der Waals surface area contributed by atoms with Crippen LogP contribution in [-0.4, -0.2) is 46.0 Å². The molecule has 2 aromatic rings. The van der Waals surface area contributed by atoms with Gasteiger partial charge < -0.3 is 4.90 Å². The van der Waals surface area contributed by atoms with E-state index < -0.39 is 0 Å². The van der Waals surface area contributed by atoms with Gasteiger partial charge in [-0.1, -0.05) is 13.0 Å². The van der Waals surface area contributed by atoms with E-state index in [1.165, 1.54) is 6.33 Å². The predicted molar refractivity (Wildman–Crippen MR) is 96.9 cm³/mol. The molecule has 25 heavy (non-hydrogen) atoms. The van der Waals surface area contributed by atoms with Crippen molar-refractivity contribution in [2.75, 3.05) is 25.0 Å². The van der Waals surface area contributed by atoms with Crippen molar-refractivity contribution in [2.24, 2.45) is 0 Å². The molecule has 0 radical (unpaired) electrons. The summed E-state index contributed by atoms with van der Waals surface area (Å²) in [6, 6.07) is 6.49. The average Bonchev–Trinajstić information content (AvgIpc) is 2.89. The topological polar surface area (TPSA) is 45.2 Å². The van der Waals surface area contributed by atoms with E-state index in [2.05, 4.69) is 37.9 Å². The molecular formula is C19H26FN5. The highest BCUT2D eigenvalue weighted by atomic mass is 19.1. The summed E-state index contributed by atoms with van der Waals surface area (Å²) in [6.45, 7) is 4.41. The van der Waals surface area contributed by atoms with Crippen LogP contribution in [0.25, 0.3) is 0 Å². The fraction of sp³-hybridized carbons (Fsp3) is 0.526. The smallest absolute Gasteiger partial charge is 0.187 e. The van der Waals surface area contributed by atoms with Crippen molar-refractivity contribution >= 4 is 5.82 Å². The van der Waals surface area contributed by atoms with Crippen LogP contribution in [0.15, 0.2) is 30.7 Å². The van der Waals surface area contributed by atoms with E-state index in [0.717, 1.165) is 44.6 Å². The molecule has 134 valence electrons. The molecule has 1 unspecified atom stereocenters. The largest absolute Gasteiger partial charge is 0.354 e. The third-order valence-corrected chi connectivity index (χ3v) is 4.94. The minimum Gasteiger partial charge on any atom is -0.354 e. The van der Waals surface area contributed by atoms with Gasteiger partial charge in [-0.2, -0.15) is 0 Å². The Balaban J connectivity index is 1.64. The maximum Gasteiger partial charge on any atom is 0.187 e. The quantitative estimate of drug-likeness (QED) is 0.835. The number of hydrogen-bond acceptors (Lipinski definition) is 5. The predicted octanol–water partition coefficient (Wildman–Crippen LogP) is 3.06. The molecule has 1 aliphatic heterocycles. The van der Waals surface area contributed by atoms with Crippen molar-refractivity contribution in [2.45, 2.75) is 45.2 Å². The Kier molecular flexibility index (Phi) is 5.91. The SMILES string of the molecule is CCc1ncnc(N2CCCC(N(C)Cc3ccccn3)CC2)c1F. The zero-order valence-corrected chi connectivity index (χ0v) is 15.0. The molecule has 1 fully saturated rings. The number of rotatable bonds is 5. The minimum absolute atomic E-state index is 0.259. The van der Waals surface area contributed by atoms with Gasteiger partial charge in [-0.25, -0.2) is 14.4 Å². The Bertz CT molecular complexity index is 679. The van der Waals surface area contributed by atoms with Crippen LogP contribution in [0, 0.1) is 5.82 Å². The second kappa shape index (κ2) is 8.34. The van der Waals surface area contributed by atoms with E-state index in [-0.39, 0.29) is 5.82 Å². The van der Waals surface area contributed by atoms with Gasteiger partial charge in [-0.3, -0.25) is 9.88 Å². The summed E-state index contributed by atoms with van der Waals surface area (Å²) in [7, 11) is 2.15. The fourth-order valence-corrected chi connectivity index (χ4v) is 3.47. The van der Waals surface area contributed by atoms with Gasteiger partial charge in [0.15, 0.2) is 11.6 Å². The molecule has 0 bridgehead atoms. The first-order valence-electron chi connectivity index (χ1n) is 9.03. The molecule has 2 aromatic heterocycles. The van der Waals surface area contributed by atoms with Crippen molar-refractivity contribution < 1.29 is 4.39 Å². The van der Waals surface area contributed by atoms with Crippen molar-refractivity contribution in [1.82, 2.24) is 19.9 Å². The van der Waals surface area contributed by atoms with E-state index in [1.807, 2.05) is 25.3 Å². The van der Waals surface area contributed by atoms with Crippen molar-refractivity contribution in [3.8, 4) is 0 Å². The molecule has 5 nitrogen and oxygen atoms in total. The summed E-state index contributed by atoms with van der Waals surface area (Å²) in [5.74, 6) is 0.199. The highest BCUT2D eigenvalue weighted by Crippen LogP contribution is 2.24. The third kappa shape index (κ3) is 4.31. The number of pyridine rings is 1. The summed E-state index contributed by atoms with van der Waals surface area (Å²) < 4.78 is 14.5. The van der Waals surface area contributed by atoms with Gasteiger partial charge in [0, 0.05) is 31.9 Å². The van der Waals surface area contributed by atoms with Crippen LogP contribution in [0.2, 0.25) is 0 Å². The summed E-state index contributed by atoms with van der Waals surface area (Å²) >= 11 is 0. The maximum atomic E-state index is 14.5. The first-order chi connectivity index (χ1) is 12.2. The van der Waals surface area contributed by atoms with Gasteiger partial charge in [0.1, 0.15) is 6.33 Å². The van der Waals surface area contributed by atoms with E-state index in [0.29, 0.717) is 24.0 Å². The van der Waals surface area contributed by atoms with E-state index in [9.17, 15) is 4.39 Å². The molecule has 1 aliphatic rings. The van der Waals surface area contributed by atoms with Gasteiger partial charge in [0.25, 0.3) is 0 Å². The van der Waals surface area contributed by atoms with Crippen LogP contribution >= 0.6 is 0 Å². The van der Waals surface area contributed by atoms with Gasteiger partial charge in [-0.05, 0) is 44.9 Å². The van der Waals surface area contributed by atoms with E-state index >= 15 is 0 Å². The molecule has 0 N–H and O–H groups in total. The lowest BCUT2D eigenvalue weighted by molar-refractivity contribution is 0.215. The normalized spacial score (nSPS) is 18.4. The van der Waals surface area contributed by atoms with Crippen LogP contribution in [0.1, 0.15) is 37.6 Å². The van der Waals surface area contributed by atoms with Crippen LogP contribution in [0.3, 0.4) is 0 Å². The lowest BCUT2D eigenvalue weighted by atomic mass is 10.1. The lowest BCUT2D eigenvalue weighted by Gasteiger charge is -2.27. The fourth-order valence-electron chi connectivity index (χ4n) is 3.47. The Labute approximate surface area is 148 Å². The molecule has 3 rings (SSSR count). The summed E-state index contributed by atoms with van der Waals surface area (Å²) in [5, 5.41) is 0. The van der Waals surface area contributed by atoms with E-state index in [1.54, 1.807) is 0 Å². The van der Waals surface area contributed by atoms with Gasteiger partial charge in [0.2, 0.25) is 0 Å². The Morgan fingerprint density at radius 2 is 2.08 bits per heavy atom. The van der Waals surface area contributed by atoms with Crippen LogP contribution < -0.4 is 4.90 Å². The molecule has 1 saturated heterocycles. The van der Waals surface area contributed by atoms with E-state index in [4.69, 9.17) is 0 Å². The molecule has 1 atom stereocenters. The number of aryl methyl sites for hydroxylation is 1. The summed E-state index contributed by atoms with van der Waals surface area (Å²) in [4.78, 5) is 17.1. The Morgan fingerprint density at radius 3 is 2.84 bits per heavy atom. The molecule has 6 heteroatoms. The number of hydrogen-bond donors (Lipinski definition) is 0. The average molecular weight is 343 g/mol. The van der Waals surface area contributed by atoms with Gasteiger partial charge in [-0.15, -0.1) is 0 Å². The molecule has 0 aromatic carbocycles. The lowest BCUT2D eigenvalue weighted by Crippen LogP contribution is -2.33. The van der Waals surface area contributed by atoms with Crippen LogP contribution in [0.5, 0.6) is 0 Å². The number of nitrogens with zero attached hydrogens (tertiary/aromatic N) is 5. The zero-order valence-electron chi connectivity index (χ0n) is 15.0. The Morgan fingerprint density at radius 1 is 1.20 bits per heavy atom. The zero-order chi connectivity index (χ0) is 17.6. The van der Waals surface area contributed by atoms with Gasteiger partial charge in [0.05, 0.1) is 11.4 Å². The van der Waals surface area contributed by atoms with Crippen LogP contribution in [0.4, 0.5) is 10.2 Å². The maximum absolute atomic E-state index is 14.5. The van der Waals surface area contributed by atoms with Crippen molar-refractivity contribution in [3.63, 3.8) is 0 Å².